The van der Waals surface area contributed by atoms with E-state index in [0.717, 1.165) is 29.1 Å². The Labute approximate surface area is 98.5 Å². The van der Waals surface area contributed by atoms with Crippen molar-refractivity contribution in [2.24, 2.45) is 0 Å². The van der Waals surface area contributed by atoms with Gasteiger partial charge in [0.05, 0.1) is 10.7 Å². The molecule has 0 spiro atoms. The van der Waals surface area contributed by atoms with Crippen LogP contribution in [0.15, 0.2) is 23.8 Å². The molecule has 2 aromatic rings. The lowest BCUT2D eigenvalue weighted by Crippen LogP contribution is -1.92. The molecule has 0 saturated carbocycles. The van der Waals surface area contributed by atoms with Crippen molar-refractivity contribution >= 4 is 17.1 Å². The summed E-state index contributed by atoms with van der Waals surface area (Å²) >= 11 is 1.66. The Balaban J connectivity index is 1.95. The van der Waals surface area contributed by atoms with Crippen LogP contribution in [0.3, 0.4) is 0 Å². The number of carbonyl (C=O) groups is 1. The summed E-state index contributed by atoms with van der Waals surface area (Å²) in [5.74, 6) is 0.252. The molecule has 0 unspecified atom stereocenters. The first-order valence-electron chi connectivity index (χ1n) is 5.32. The molecule has 2 heterocycles. The van der Waals surface area contributed by atoms with E-state index in [9.17, 15) is 4.79 Å². The van der Waals surface area contributed by atoms with Crippen LogP contribution in [-0.4, -0.2) is 15.8 Å². The van der Waals surface area contributed by atoms with E-state index in [1.807, 2.05) is 18.5 Å². The molecule has 0 radical (unpaired) electrons. The van der Waals surface area contributed by atoms with Gasteiger partial charge in [0.2, 0.25) is 0 Å². The van der Waals surface area contributed by atoms with Crippen molar-refractivity contribution in [3.05, 3.63) is 28.8 Å². The minimum Gasteiger partial charge on any atom is -0.367 e. The number of hydrogen-bond donors (Lipinski definition) is 1. The SMILES string of the molecule is CC(=O)CCCc1nc(-c2cc[nH]c2)cs1. The molecule has 1 N–H and O–H groups in total. The molecule has 0 saturated heterocycles. The summed E-state index contributed by atoms with van der Waals surface area (Å²) in [7, 11) is 0. The summed E-state index contributed by atoms with van der Waals surface area (Å²) < 4.78 is 0. The maximum absolute atomic E-state index is 10.8. The molecule has 2 aromatic heterocycles. The molecule has 0 bridgehead atoms. The molecule has 0 aliphatic rings. The fourth-order valence-corrected chi connectivity index (χ4v) is 2.38. The number of aryl methyl sites for hydroxylation is 1. The van der Waals surface area contributed by atoms with Crippen LogP contribution in [0.1, 0.15) is 24.8 Å². The zero-order chi connectivity index (χ0) is 11.4. The minimum absolute atomic E-state index is 0.252. The van der Waals surface area contributed by atoms with Crippen molar-refractivity contribution in [1.29, 1.82) is 0 Å². The van der Waals surface area contributed by atoms with Gasteiger partial charge in [-0.3, -0.25) is 0 Å². The topological polar surface area (TPSA) is 45.8 Å². The average molecular weight is 234 g/mol. The molecule has 16 heavy (non-hydrogen) atoms. The standard InChI is InChI=1S/C12H14N2OS/c1-9(15)3-2-4-12-14-11(8-16-12)10-5-6-13-7-10/h5-8,13H,2-4H2,1H3. The molecule has 4 heteroatoms. The highest BCUT2D eigenvalue weighted by Gasteiger charge is 2.05. The van der Waals surface area contributed by atoms with Crippen LogP contribution in [0.4, 0.5) is 0 Å². The summed E-state index contributed by atoms with van der Waals surface area (Å²) in [6.45, 7) is 1.63. The van der Waals surface area contributed by atoms with Gasteiger partial charge in [0, 0.05) is 29.8 Å². The van der Waals surface area contributed by atoms with E-state index in [1.165, 1.54) is 0 Å². The molecule has 0 fully saturated rings. The molecule has 0 atom stereocenters. The number of aromatic nitrogens is 2. The van der Waals surface area contributed by atoms with Crippen LogP contribution >= 0.6 is 11.3 Å². The second-order valence-electron chi connectivity index (χ2n) is 3.78. The summed E-state index contributed by atoms with van der Waals surface area (Å²) in [6, 6.07) is 2.01. The lowest BCUT2D eigenvalue weighted by atomic mass is 10.2. The zero-order valence-corrected chi connectivity index (χ0v) is 10.0. The predicted molar refractivity (Wildman–Crippen MR) is 65.5 cm³/mol. The summed E-state index contributed by atoms with van der Waals surface area (Å²) in [5.41, 5.74) is 2.14. The van der Waals surface area contributed by atoms with Crippen LogP contribution in [0.2, 0.25) is 0 Å². The molecule has 0 aromatic carbocycles. The maximum atomic E-state index is 10.8. The highest BCUT2D eigenvalue weighted by Crippen LogP contribution is 2.22. The number of hydrogen-bond acceptors (Lipinski definition) is 3. The van der Waals surface area contributed by atoms with Crippen molar-refractivity contribution in [3.8, 4) is 11.3 Å². The molecule has 0 aliphatic carbocycles. The van der Waals surface area contributed by atoms with Crippen LogP contribution in [-0.2, 0) is 11.2 Å². The van der Waals surface area contributed by atoms with E-state index in [2.05, 4.69) is 15.3 Å². The van der Waals surface area contributed by atoms with Gasteiger partial charge in [0.1, 0.15) is 5.78 Å². The molecule has 0 amide bonds. The van der Waals surface area contributed by atoms with Crippen molar-refractivity contribution < 1.29 is 4.79 Å². The van der Waals surface area contributed by atoms with Crippen LogP contribution in [0.25, 0.3) is 11.3 Å². The first-order chi connectivity index (χ1) is 7.75. The van der Waals surface area contributed by atoms with Gasteiger partial charge in [0.15, 0.2) is 0 Å². The van der Waals surface area contributed by atoms with Crippen molar-refractivity contribution in [2.45, 2.75) is 26.2 Å². The summed E-state index contributed by atoms with van der Waals surface area (Å²) in [5, 5.41) is 3.17. The average Bonchev–Trinajstić information content (AvgIpc) is 2.85. The van der Waals surface area contributed by atoms with Crippen molar-refractivity contribution in [3.63, 3.8) is 0 Å². The lowest BCUT2D eigenvalue weighted by Gasteiger charge is -1.93. The quantitative estimate of drug-likeness (QED) is 0.864. The van der Waals surface area contributed by atoms with E-state index < -0.39 is 0 Å². The van der Waals surface area contributed by atoms with Crippen molar-refractivity contribution in [2.75, 3.05) is 0 Å². The van der Waals surface area contributed by atoms with Crippen LogP contribution in [0.5, 0.6) is 0 Å². The van der Waals surface area contributed by atoms with Gasteiger partial charge < -0.3 is 9.78 Å². The fourth-order valence-electron chi connectivity index (χ4n) is 1.53. The number of H-pyrrole nitrogens is 1. The van der Waals surface area contributed by atoms with E-state index in [4.69, 9.17) is 0 Å². The number of rotatable bonds is 5. The first kappa shape index (κ1) is 11.1. The maximum Gasteiger partial charge on any atom is 0.129 e. The van der Waals surface area contributed by atoms with Crippen molar-refractivity contribution in [1.82, 2.24) is 9.97 Å². The number of carbonyl (C=O) groups excluding carboxylic acids is 1. The van der Waals surface area contributed by atoms with Gasteiger partial charge in [0.25, 0.3) is 0 Å². The Morgan fingerprint density at radius 1 is 1.56 bits per heavy atom. The molecular formula is C12H14N2OS. The Morgan fingerprint density at radius 3 is 3.12 bits per heavy atom. The number of nitrogens with zero attached hydrogens (tertiary/aromatic N) is 1. The normalized spacial score (nSPS) is 10.6. The van der Waals surface area contributed by atoms with Gasteiger partial charge in [-0.2, -0.15) is 0 Å². The van der Waals surface area contributed by atoms with E-state index in [0.29, 0.717) is 6.42 Å². The number of thiazole rings is 1. The Hall–Kier alpha value is -1.42. The van der Waals surface area contributed by atoms with E-state index in [-0.39, 0.29) is 5.78 Å². The van der Waals surface area contributed by atoms with Gasteiger partial charge >= 0.3 is 0 Å². The Bertz CT molecular complexity index is 459. The highest BCUT2D eigenvalue weighted by atomic mass is 32.1. The van der Waals surface area contributed by atoms with Crippen LogP contribution < -0.4 is 0 Å². The molecule has 2 rings (SSSR count). The van der Waals surface area contributed by atoms with Gasteiger partial charge in [-0.1, -0.05) is 0 Å². The molecule has 0 aliphatic heterocycles. The second kappa shape index (κ2) is 5.07. The Kier molecular flexibility index (Phi) is 3.51. The Morgan fingerprint density at radius 2 is 2.44 bits per heavy atom. The second-order valence-corrected chi connectivity index (χ2v) is 4.72. The number of ketones is 1. The highest BCUT2D eigenvalue weighted by molar-refractivity contribution is 7.09. The fraction of sp³-hybridized carbons (Fsp3) is 0.333. The third-order valence-corrected chi connectivity index (χ3v) is 3.27. The minimum atomic E-state index is 0.252. The van der Waals surface area contributed by atoms with E-state index in [1.54, 1.807) is 18.3 Å². The third-order valence-electron chi connectivity index (χ3n) is 2.36. The smallest absolute Gasteiger partial charge is 0.129 e. The monoisotopic (exact) mass is 234 g/mol. The molecule has 84 valence electrons. The number of nitrogens with one attached hydrogen (secondary N) is 1. The zero-order valence-electron chi connectivity index (χ0n) is 9.19. The predicted octanol–water partition coefficient (Wildman–Crippen LogP) is 3.05. The van der Waals surface area contributed by atoms with Crippen LogP contribution in [0, 0.1) is 0 Å². The van der Waals surface area contributed by atoms with E-state index >= 15 is 0 Å². The van der Waals surface area contributed by atoms with Gasteiger partial charge in [-0.15, -0.1) is 11.3 Å². The molecule has 3 nitrogen and oxygen atoms in total. The summed E-state index contributed by atoms with van der Waals surface area (Å²) in [4.78, 5) is 18.4. The lowest BCUT2D eigenvalue weighted by molar-refractivity contribution is -0.117. The van der Waals surface area contributed by atoms with Gasteiger partial charge in [-0.05, 0) is 25.8 Å². The summed E-state index contributed by atoms with van der Waals surface area (Å²) in [6.07, 6.45) is 6.28. The number of Topliss-reactive ketones (excluding diaryl/α,β-unsaturated/α-hetero) is 1. The first-order valence-corrected chi connectivity index (χ1v) is 6.20. The molecular weight excluding hydrogens is 220 g/mol. The van der Waals surface area contributed by atoms with Gasteiger partial charge in [-0.25, -0.2) is 4.98 Å². The largest absolute Gasteiger partial charge is 0.367 e. The third kappa shape index (κ3) is 2.79. The number of aromatic amines is 1.